The molecule has 6 rings (SSSR count). The number of esters is 1. The molecule has 1 aliphatic carbocycles. The standard InChI is InChI=1S/C36H38FN5O5S/c1-23(2)35(44)46-16-11-39-36(45)42-14-12-41(13-15-42)22-26-5-7-29(40-21-26)33-20-30-34(48-33)32(9-10-38-30)47-31-8-6-25(19-28(31)37)18-27(43)17-24-3-4-24/h5-10,19-21,24H,1,3-4,11-18,22H2,2H3,(H,39,45). The normalized spacial score (nSPS) is 14.9. The third kappa shape index (κ3) is 8.61. The minimum atomic E-state index is -0.505. The number of thiophene rings is 1. The second-order valence-electron chi connectivity index (χ2n) is 12.3. The van der Waals surface area contributed by atoms with E-state index in [0.29, 0.717) is 48.9 Å². The fraction of sp³-hybridized carbons (Fsp3) is 0.361. The third-order valence-corrected chi connectivity index (χ3v) is 9.47. The molecule has 3 aromatic heterocycles. The Morgan fingerprint density at radius 3 is 2.52 bits per heavy atom. The van der Waals surface area contributed by atoms with Gasteiger partial charge >= 0.3 is 12.0 Å². The van der Waals surface area contributed by atoms with Crippen molar-refractivity contribution in [2.24, 2.45) is 5.92 Å². The molecule has 10 nitrogen and oxygen atoms in total. The number of nitrogens with one attached hydrogen (secondary N) is 1. The predicted molar refractivity (Wildman–Crippen MR) is 181 cm³/mol. The number of halogens is 1. The Labute approximate surface area is 282 Å². The van der Waals surface area contributed by atoms with Crippen molar-refractivity contribution >= 4 is 39.3 Å². The van der Waals surface area contributed by atoms with Crippen LogP contribution in [0.2, 0.25) is 0 Å². The van der Waals surface area contributed by atoms with E-state index < -0.39 is 11.8 Å². The number of nitrogens with zero attached hydrogens (tertiary/aromatic N) is 4. The molecular weight excluding hydrogens is 633 g/mol. The quantitative estimate of drug-likeness (QED) is 0.102. The maximum Gasteiger partial charge on any atom is 0.333 e. The first-order chi connectivity index (χ1) is 23.2. The van der Waals surface area contributed by atoms with Gasteiger partial charge in [0.1, 0.15) is 18.1 Å². The van der Waals surface area contributed by atoms with Gasteiger partial charge in [-0.1, -0.05) is 18.7 Å². The topological polar surface area (TPSA) is 114 Å². The number of aromatic nitrogens is 2. The molecule has 12 heteroatoms. The fourth-order valence-corrected chi connectivity index (χ4v) is 6.53. The maximum atomic E-state index is 15.0. The average Bonchev–Trinajstić information content (AvgIpc) is 3.78. The van der Waals surface area contributed by atoms with E-state index in [0.717, 1.165) is 52.3 Å². The van der Waals surface area contributed by atoms with Crippen molar-refractivity contribution in [1.82, 2.24) is 25.1 Å². The number of Topliss-reactive ketones (excluding diaryl/α,β-unsaturated/α-hetero) is 1. The maximum absolute atomic E-state index is 15.0. The van der Waals surface area contributed by atoms with Crippen LogP contribution in [0.15, 0.2) is 67.0 Å². The van der Waals surface area contributed by atoms with E-state index in [9.17, 15) is 18.8 Å². The Bertz CT molecular complexity index is 1820. The number of hydrogen-bond acceptors (Lipinski definition) is 9. The zero-order valence-corrected chi connectivity index (χ0v) is 27.7. The van der Waals surface area contributed by atoms with Gasteiger partial charge in [-0.05, 0) is 61.1 Å². The highest BCUT2D eigenvalue weighted by molar-refractivity contribution is 7.22. The van der Waals surface area contributed by atoms with E-state index in [-0.39, 0.29) is 37.1 Å². The van der Waals surface area contributed by atoms with Crippen LogP contribution in [0, 0.1) is 11.7 Å². The number of hydrogen-bond donors (Lipinski definition) is 1. The van der Waals surface area contributed by atoms with E-state index in [4.69, 9.17) is 14.5 Å². The van der Waals surface area contributed by atoms with Gasteiger partial charge in [0.2, 0.25) is 0 Å². The van der Waals surface area contributed by atoms with E-state index in [2.05, 4.69) is 27.8 Å². The van der Waals surface area contributed by atoms with Crippen LogP contribution in [0.5, 0.6) is 11.5 Å². The lowest BCUT2D eigenvalue weighted by Gasteiger charge is -2.34. The Kier molecular flexibility index (Phi) is 10.4. The molecule has 0 bridgehead atoms. The molecule has 1 aliphatic heterocycles. The summed E-state index contributed by atoms with van der Waals surface area (Å²) in [6.07, 6.45) is 6.54. The second kappa shape index (κ2) is 15.0. The van der Waals surface area contributed by atoms with Crippen LogP contribution in [0.25, 0.3) is 20.8 Å². The predicted octanol–water partition coefficient (Wildman–Crippen LogP) is 6.15. The molecule has 250 valence electrons. The van der Waals surface area contributed by atoms with Gasteiger partial charge in [0.15, 0.2) is 11.6 Å². The summed E-state index contributed by atoms with van der Waals surface area (Å²) >= 11 is 1.48. The van der Waals surface area contributed by atoms with Gasteiger partial charge < -0.3 is 19.7 Å². The van der Waals surface area contributed by atoms with E-state index in [1.54, 1.807) is 36.2 Å². The number of carbonyl (C=O) groups is 3. The number of piperazine rings is 1. The minimum Gasteiger partial charge on any atom is -0.460 e. The van der Waals surface area contributed by atoms with Gasteiger partial charge in [0.05, 0.1) is 27.3 Å². The summed E-state index contributed by atoms with van der Waals surface area (Å²) in [4.78, 5) is 50.3. The summed E-state index contributed by atoms with van der Waals surface area (Å²) in [5, 5.41) is 2.79. The van der Waals surface area contributed by atoms with Crippen molar-refractivity contribution in [2.75, 3.05) is 39.3 Å². The monoisotopic (exact) mass is 671 g/mol. The van der Waals surface area contributed by atoms with Crippen LogP contribution < -0.4 is 10.1 Å². The number of ether oxygens (including phenoxy) is 2. The lowest BCUT2D eigenvalue weighted by atomic mass is 10.0. The fourth-order valence-electron chi connectivity index (χ4n) is 5.49. The lowest BCUT2D eigenvalue weighted by Crippen LogP contribution is -2.51. The summed E-state index contributed by atoms with van der Waals surface area (Å²) < 4.78 is 26.8. The highest BCUT2D eigenvalue weighted by Gasteiger charge is 2.25. The van der Waals surface area contributed by atoms with Crippen molar-refractivity contribution in [3.63, 3.8) is 0 Å². The van der Waals surface area contributed by atoms with Crippen molar-refractivity contribution < 1.29 is 28.2 Å². The molecule has 0 atom stereocenters. The molecule has 0 unspecified atom stereocenters. The Balaban J connectivity index is 1.01. The molecule has 2 aliphatic rings. The number of pyridine rings is 2. The van der Waals surface area contributed by atoms with E-state index in [1.165, 1.54) is 17.4 Å². The smallest absolute Gasteiger partial charge is 0.333 e. The van der Waals surface area contributed by atoms with Crippen molar-refractivity contribution in [1.29, 1.82) is 0 Å². The summed E-state index contributed by atoms with van der Waals surface area (Å²) in [6.45, 7) is 8.82. The van der Waals surface area contributed by atoms with Crippen LogP contribution >= 0.6 is 11.3 Å². The van der Waals surface area contributed by atoms with Crippen LogP contribution in [0.1, 0.15) is 37.3 Å². The molecule has 1 aromatic carbocycles. The molecule has 48 heavy (non-hydrogen) atoms. The van der Waals surface area contributed by atoms with E-state index in [1.807, 2.05) is 18.3 Å². The van der Waals surface area contributed by atoms with Crippen molar-refractivity contribution in [3.05, 3.63) is 84.0 Å². The molecule has 1 saturated carbocycles. The zero-order valence-electron chi connectivity index (χ0n) is 26.9. The molecule has 4 heterocycles. The summed E-state index contributed by atoms with van der Waals surface area (Å²) in [5.41, 5.74) is 3.57. The molecule has 2 fully saturated rings. The Hall–Kier alpha value is -4.68. The first-order valence-corrected chi connectivity index (χ1v) is 16.9. The summed E-state index contributed by atoms with van der Waals surface area (Å²) in [6, 6.07) is 12.2. The summed E-state index contributed by atoms with van der Waals surface area (Å²) in [7, 11) is 0. The molecule has 1 saturated heterocycles. The second-order valence-corrected chi connectivity index (χ2v) is 13.4. The first kappa shape index (κ1) is 33.2. The van der Waals surface area contributed by atoms with Gasteiger partial charge in [-0.25, -0.2) is 14.0 Å². The zero-order chi connectivity index (χ0) is 33.6. The number of benzene rings is 1. The number of carbonyl (C=O) groups excluding carboxylic acids is 3. The molecular formula is C36H38FN5O5S. The van der Waals surface area contributed by atoms with Crippen molar-refractivity contribution in [2.45, 2.75) is 39.2 Å². The van der Waals surface area contributed by atoms with Gasteiger partial charge in [-0.15, -0.1) is 11.3 Å². The minimum absolute atomic E-state index is 0.0985. The molecule has 4 aromatic rings. The van der Waals surface area contributed by atoms with Gasteiger partial charge in [0, 0.05) is 69.6 Å². The molecule has 0 radical (unpaired) electrons. The van der Waals surface area contributed by atoms with Gasteiger partial charge in [-0.2, -0.15) is 0 Å². The Morgan fingerprint density at radius 2 is 1.81 bits per heavy atom. The highest BCUT2D eigenvalue weighted by Crippen LogP contribution is 2.39. The van der Waals surface area contributed by atoms with Crippen LogP contribution in [0.4, 0.5) is 9.18 Å². The first-order valence-electron chi connectivity index (χ1n) is 16.1. The van der Waals surface area contributed by atoms with Gasteiger partial charge in [-0.3, -0.25) is 19.7 Å². The Morgan fingerprint density at radius 1 is 1.02 bits per heavy atom. The number of ketones is 1. The molecule has 0 spiro atoms. The largest absolute Gasteiger partial charge is 0.460 e. The average molecular weight is 672 g/mol. The van der Waals surface area contributed by atoms with E-state index >= 15 is 0 Å². The van der Waals surface area contributed by atoms with Crippen LogP contribution in [-0.2, 0) is 27.3 Å². The third-order valence-electron chi connectivity index (χ3n) is 8.31. The number of urea groups is 1. The van der Waals surface area contributed by atoms with Gasteiger partial charge in [0.25, 0.3) is 0 Å². The molecule has 1 N–H and O–H groups in total. The van der Waals surface area contributed by atoms with Crippen LogP contribution in [-0.4, -0.2) is 76.9 Å². The SMILES string of the molecule is C=C(C)C(=O)OCCNC(=O)N1CCN(Cc2ccc(-c3cc4nccc(Oc5ccc(CC(=O)CC6CC6)cc5F)c4s3)nc2)CC1. The number of fused-ring (bicyclic) bond motifs is 1. The summed E-state index contributed by atoms with van der Waals surface area (Å²) in [5.74, 6) is 0.288. The lowest BCUT2D eigenvalue weighted by molar-refractivity contribution is -0.138. The van der Waals surface area contributed by atoms with Crippen molar-refractivity contribution in [3.8, 4) is 22.1 Å². The number of rotatable bonds is 13. The van der Waals surface area contributed by atoms with Crippen LogP contribution in [0.3, 0.4) is 0 Å². The molecule has 2 amide bonds. The highest BCUT2D eigenvalue weighted by atomic mass is 32.1. The number of amides is 2.